The van der Waals surface area contributed by atoms with Crippen LogP contribution in [-0.2, 0) is 0 Å². The van der Waals surface area contributed by atoms with E-state index in [0.717, 1.165) is 15.5 Å². The zero-order chi connectivity index (χ0) is 7.68. The first-order chi connectivity index (χ1) is 5.38. The number of benzene rings is 1. The number of fused-ring (bicyclic) bond motifs is 1. The Hall–Kier alpha value is -1.22. The summed E-state index contributed by atoms with van der Waals surface area (Å²) in [5.41, 5.74) is 0.736. The lowest BCUT2D eigenvalue weighted by Crippen LogP contribution is -1.74. The molecule has 0 atom stereocenters. The third kappa shape index (κ3) is 1.03. The largest absolute Gasteiger partial charge is 0.356 e. The van der Waals surface area contributed by atoms with Gasteiger partial charge in [0, 0.05) is 5.39 Å². The van der Waals surface area contributed by atoms with Crippen molar-refractivity contribution in [1.29, 1.82) is 0 Å². The molecule has 0 amide bonds. The minimum atomic E-state index is 0.729. The summed E-state index contributed by atoms with van der Waals surface area (Å²) in [5.74, 6) is 0. The second-order valence-corrected chi connectivity index (χ2v) is 2.63. The maximum Gasteiger partial charge on any atom is 0.166 e. The average molecular weight is 163 g/mol. The van der Waals surface area contributed by atoms with Crippen LogP contribution in [-0.4, -0.2) is 5.16 Å². The van der Waals surface area contributed by atoms with Crippen molar-refractivity contribution in [2.75, 3.05) is 0 Å². The molecule has 54 valence electrons. The van der Waals surface area contributed by atoms with Gasteiger partial charge in [0.05, 0.1) is 10.7 Å². The van der Waals surface area contributed by atoms with Crippen molar-refractivity contribution in [2.24, 2.45) is 0 Å². The van der Waals surface area contributed by atoms with E-state index in [0.29, 0.717) is 0 Å². The fourth-order valence-electron chi connectivity index (χ4n) is 0.950. The molecule has 0 saturated heterocycles. The fraction of sp³-hybridized carbons (Fsp3) is 0. The van der Waals surface area contributed by atoms with Crippen molar-refractivity contribution in [3.8, 4) is 0 Å². The van der Waals surface area contributed by atoms with Crippen molar-refractivity contribution in [2.45, 2.75) is 0 Å². The summed E-state index contributed by atoms with van der Waals surface area (Å²) in [6, 6.07) is 7.58. The van der Waals surface area contributed by atoms with Gasteiger partial charge >= 0.3 is 0 Å². The molecule has 0 N–H and O–H groups in total. The standard InChI is InChI=1S/C8H5NOS/c11-8-5-9-10-7-4-2-1-3-6(7)8/h1-5H. The van der Waals surface area contributed by atoms with Gasteiger partial charge in [0.15, 0.2) is 5.58 Å². The smallest absolute Gasteiger partial charge is 0.166 e. The first-order valence-electron chi connectivity index (χ1n) is 3.22. The van der Waals surface area contributed by atoms with E-state index >= 15 is 0 Å². The highest BCUT2D eigenvalue weighted by Crippen LogP contribution is 2.12. The zero-order valence-electron chi connectivity index (χ0n) is 5.65. The van der Waals surface area contributed by atoms with Gasteiger partial charge in [-0.2, -0.15) is 0 Å². The van der Waals surface area contributed by atoms with Gasteiger partial charge in [-0.15, -0.1) is 0 Å². The minimum absolute atomic E-state index is 0.729. The second-order valence-electron chi connectivity index (χ2n) is 2.19. The molecule has 2 rings (SSSR count). The molecule has 0 aliphatic heterocycles. The van der Waals surface area contributed by atoms with Gasteiger partial charge in [-0.25, -0.2) is 0 Å². The summed E-state index contributed by atoms with van der Waals surface area (Å²) >= 11 is 5.03. The quantitative estimate of drug-likeness (QED) is 0.558. The molecule has 2 nitrogen and oxygen atoms in total. The SMILES string of the molecule is S=c1cnoc2ccccc12. The molecule has 0 bridgehead atoms. The van der Waals surface area contributed by atoms with Crippen molar-refractivity contribution in [3.63, 3.8) is 0 Å². The summed E-state index contributed by atoms with van der Waals surface area (Å²) in [4.78, 5) is 0. The molecule has 1 aromatic heterocycles. The van der Waals surface area contributed by atoms with Gasteiger partial charge in [0.1, 0.15) is 0 Å². The van der Waals surface area contributed by atoms with Gasteiger partial charge in [0.2, 0.25) is 0 Å². The lowest BCUT2D eigenvalue weighted by molar-refractivity contribution is 0.441. The third-order valence-corrected chi connectivity index (χ3v) is 1.80. The second kappa shape index (κ2) is 2.43. The Kier molecular flexibility index (Phi) is 1.43. The number of nitrogens with zero attached hydrogens (tertiary/aromatic N) is 1. The fourth-order valence-corrected chi connectivity index (χ4v) is 1.16. The van der Waals surface area contributed by atoms with E-state index in [1.165, 1.54) is 6.20 Å². The average Bonchev–Trinajstić information content (AvgIpc) is 2.06. The monoisotopic (exact) mass is 163 g/mol. The van der Waals surface area contributed by atoms with Crippen LogP contribution in [0.2, 0.25) is 0 Å². The third-order valence-electron chi connectivity index (χ3n) is 1.47. The van der Waals surface area contributed by atoms with E-state index in [2.05, 4.69) is 5.16 Å². The van der Waals surface area contributed by atoms with E-state index in [4.69, 9.17) is 16.7 Å². The molecule has 0 aliphatic carbocycles. The van der Waals surface area contributed by atoms with Gasteiger partial charge < -0.3 is 4.52 Å². The van der Waals surface area contributed by atoms with E-state index in [9.17, 15) is 0 Å². The number of hydrogen-bond donors (Lipinski definition) is 0. The van der Waals surface area contributed by atoms with Crippen LogP contribution in [0.4, 0.5) is 0 Å². The van der Waals surface area contributed by atoms with Crippen LogP contribution >= 0.6 is 12.2 Å². The van der Waals surface area contributed by atoms with Crippen LogP contribution in [0.25, 0.3) is 11.0 Å². The summed E-state index contributed by atoms with van der Waals surface area (Å²) in [6.07, 6.45) is 1.54. The topological polar surface area (TPSA) is 26.0 Å². The summed E-state index contributed by atoms with van der Waals surface area (Å²) in [5, 5.41) is 4.58. The van der Waals surface area contributed by atoms with Gasteiger partial charge in [0.25, 0.3) is 0 Å². The Labute approximate surface area is 68.4 Å². The summed E-state index contributed by atoms with van der Waals surface area (Å²) < 4.78 is 5.70. The Bertz CT molecular complexity index is 430. The van der Waals surface area contributed by atoms with Crippen LogP contribution in [0, 0.1) is 4.51 Å². The van der Waals surface area contributed by atoms with E-state index in [1.54, 1.807) is 0 Å². The molecule has 0 spiro atoms. The van der Waals surface area contributed by atoms with Crippen LogP contribution in [0.1, 0.15) is 0 Å². The maximum absolute atomic E-state index is 5.03. The molecule has 0 saturated carbocycles. The van der Waals surface area contributed by atoms with Gasteiger partial charge in [-0.05, 0) is 12.1 Å². The highest BCUT2D eigenvalue weighted by Gasteiger charge is 1.93. The molecular formula is C8H5NOS. The van der Waals surface area contributed by atoms with Crippen molar-refractivity contribution in [3.05, 3.63) is 35.0 Å². The zero-order valence-corrected chi connectivity index (χ0v) is 6.47. The van der Waals surface area contributed by atoms with Crippen LogP contribution in [0.5, 0.6) is 0 Å². The summed E-state index contributed by atoms with van der Waals surface area (Å²) in [6.45, 7) is 0. The maximum atomic E-state index is 5.03. The van der Waals surface area contributed by atoms with Crippen LogP contribution in [0.15, 0.2) is 35.0 Å². The molecule has 1 aromatic carbocycles. The van der Waals surface area contributed by atoms with E-state index in [-0.39, 0.29) is 0 Å². The molecule has 0 fully saturated rings. The van der Waals surface area contributed by atoms with Crippen LogP contribution in [0.3, 0.4) is 0 Å². The first-order valence-corrected chi connectivity index (χ1v) is 3.62. The predicted molar refractivity (Wildman–Crippen MR) is 44.8 cm³/mol. The first kappa shape index (κ1) is 6.49. The summed E-state index contributed by atoms with van der Waals surface area (Å²) in [7, 11) is 0. The Morgan fingerprint density at radius 3 is 2.91 bits per heavy atom. The molecule has 0 unspecified atom stereocenters. The Balaban J connectivity index is 3.03. The molecule has 0 aliphatic rings. The van der Waals surface area contributed by atoms with Crippen molar-refractivity contribution >= 4 is 23.2 Å². The lowest BCUT2D eigenvalue weighted by Gasteiger charge is -1.91. The van der Waals surface area contributed by atoms with Crippen molar-refractivity contribution in [1.82, 2.24) is 5.16 Å². The highest BCUT2D eigenvalue weighted by atomic mass is 32.1. The number of rotatable bonds is 0. The normalized spacial score (nSPS) is 10.2. The molecule has 1 heterocycles. The molecule has 3 heteroatoms. The van der Waals surface area contributed by atoms with E-state index in [1.807, 2.05) is 24.3 Å². The molecule has 0 radical (unpaired) electrons. The lowest BCUT2D eigenvalue weighted by atomic mass is 10.2. The predicted octanol–water partition coefficient (Wildman–Crippen LogP) is 2.56. The Morgan fingerprint density at radius 1 is 1.27 bits per heavy atom. The van der Waals surface area contributed by atoms with Crippen LogP contribution < -0.4 is 0 Å². The minimum Gasteiger partial charge on any atom is -0.356 e. The van der Waals surface area contributed by atoms with E-state index < -0.39 is 0 Å². The number of para-hydroxylation sites is 1. The highest BCUT2D eigenvalue weighted by molar-refractivity contribution is 7.71. The van der Waals surface area contributed by atoms with Crippen molar-refractivity contribution < 1.29 is 4.52 Å². The number of aromatic nitrogens is 1. The molecule has 2 aromatic rings. The Morgan fingerprint density at radius 2 is 2.09 bits per heavy atom. The van der Waals surface area contributed by atoms with Gasteiger partial charge in [-0.3, -0.25) is 0 Å². The number of hydrogen-bond acceptors (Lipinski definition) is 3. The molecular weight excluding hydrogens is 158 g/mol. The van der Waals surface area contributed by atoms with Gasteiger partial charge in [-0.1, -0.05) is 29.5 Å². The molecule has 11 heavy (non-hydrogen) atoms.